The maximum atomic E-state index is 12.6. The third-order valence-corrected chi connectivity index (χ3v) is 4.03. The van der Waals surface area contributed by atoms with Gasteiger partial charge in [0, 0.05) is 5.69 Å². The van der Waals surface area contributed by atoms with Crippen molar-refractivity contribution >= 4 is 11.6 Å². The highest BCUT2D eigenvalue weighted by Crippen LogP contribution is 2.22. The summed E-state index contributed by atoms with van der Waals surface area (Å²) in [5.74, 6) is 0.688. The Morgan fingerprint density at radius 2 is 1.71 bits per heavy atom. The molecule has 0 aromatic heterocycles. The minimum absolute atomic E-state index is 0.0905. The molecule has 0 bridgehead atoms. The largest absolute Gasteiger partial charge is 0.480 e. The predicted molar refractivity (Wildman–Crippen MR) is 99.7 cm³/mol. The molecule has 2 aromatic rings. The average Bonchev–Trinajstić information content (AvgIpc) is 2.55. The second-order valence-corrected chi connectivity index (χ2v) is 6.37. The zero-order valence-electron chi connectivity index (χ0n) is 15.1. The first-order valence-corrected chi connectivity index (χ1v) is 8.61. The summed E-state index contributed by atoms with van der Waals surface area (Å²) in [7, 11) is 0. The Kier molecular flexibility index (Phi) is 6.42. The van der Waals surface area contributed by atoms with Crippen LogP contribution in [-0.4, -0.2) is 12.0 Å². The molecule has 0 radical (unpaired) electrons. The lowest BCUT2D eigenvalue weighted by Gasteiger charge is -2.20. The monoisotopic (exact) mass is 325 g/mol. The Balaban J connectivity index is 2.11. The van der Waals surface area contributed by atoms with Crippen LogP contribution in [-0.2, 0) is 4.79 Å². The minimum atomic E-state index is -0.479. The smallest absolute Gasteiger partial charge is 0.265 e. The van der Waals surface area contributed by atoms with E-state index >= 15 is 0 Å². The summed E-state index contributed by atoms with van der Waals surface area (Å²) in [4.78, 5) is 12.6. The Morgan fingerprint density at radius 1 is 1.04 bits per heavy atom. The molecule has 128 valence electrons. The number of ether oxygens (including phenoxy) is 1. The second kappa shape index (κ2) is 8.53. The third kappa shape index (κ3) is 5.12. The molecule has 3 heteroatoms. The van der Waals surface area contributed by atoms with Crippen LogP contribution in [0.2, 0.25) is 0 Å². The number of benzene rings is 2. The van der Waals surface area contributed by atoms with E-state index in [2.05, 4.69) is 25.2 Å². The van der Waals surface area contributed by atoms with Gasteiger partial charge in [-0.2, -0.15) is 0 Å². The molecule has 3 nitrogen and oxygen atoms in total. The lowest BCUT2D eigenvalue weighted by Crippen LogP contribution is -2.33. The van der Waals surface area contributed by atoms with Crippen molar-refractivity contribution in [2.75, 3.05) is 5.32 Å². The van der Waals surface area contributed by atoms with E-state index in [-0.39, 0.29) is 5.91 Å². The Hall–Kier alpha value is -2.29. The van der Waals surface area contributed by atoms with E-state index in [0.717, 1.165) is 29.8 Å². The first kappa shape index (κ1) is 18.1. The molecule has 0 aliphatic rings. The van der Waals surface area contributed by atoms with Gasteiger partial charge in [0.25, 0.3) is 5.91 Å². The van der Waals surface area contributed by atoms with Crippen molar-refractivity contribution in [2.24, 2.45) is 0 Å². The lowest BCUT2D eigenvalue weighted by atomic mass is 10.1. The summed E-state index contributed by atoms with van der Waals surface area (Å²) in [5.41, 5.74) is 4.21. The normalized spacial score (nSPS) is 11.8. The quantitative estimate of drug-likeness (QED) is 0.761. The van der Waals surface area contributed by atoms with Gasteiger partial charge in [0.05, 0.1) is 0 Å². The van der Waals surface area contributed by atoms with E-state index in [4.69, 9.17) is 4.74 Å². The van der Waals surface area contributed by atoms with Gasteiger partial charge in [0.15, 0.2) is 6.10 Å². The molecule has 1 atom stereocenters. The molecule has 0 saturated heterocycles. The number of rotatable bonds is 7. The molecule has 1 N–H and O–H groups in total. The van der Waals surface area contributed by atoms with Crippen molar-refractivity contribution in [3.05, 3.63) is 59.2 Å². The third-order valence-electron chi connectivity index (χ3n) is 4.03. The molecule has 24 heavy (non-hydrogen) atoms. The van der Waals surface area contributed by atoms with Crippen LogP contribution in [0.5, 0.6) is 5.75 Å². The highest BCUT2D eigenvalue weighted by Gasteiger charge is 2.21. The van der Waals surface area contributed by atoms with Gasteiger partial charge in [-0.1, -0.05) is 48.7 Å². The number of carbonyl (C=O) groups excluding carboxylic acids is 1. The topological polar surface area (TPSA) is 38.3 Å². The van der Waals surface area contributed by atoms with Crippen LogP contribution in [0.15, 0.2) is 42.5 Å². The molecule has 0 fully saturated rings. The summed E-state index contributed by atoms with van der Waals surface area (Å²) < 4.78 is 6.05. The number of hydrogen-bond donors (Lipinski definition) is 1. The molecule has 1 amide bonds. The number of amides is 1. The van der Waals surface area contributed by atoms with Crippen molar-refractivity contribution < 1.29 is 9.53 Å². The standard InChI is InChI=1S/C21H27NO2/c1-5-6-7-20(24-19-13-10-16(3)14-17(19)4)21(23)22-18-11-8-15(2)9-12-18/h8-14,20H,5-7H2,1-4H3,(H,22,23). The molecular weight excluding hydrogens is 298 g/mol. The summed E-state index contributed by atoms with van der Waals surface area (Å²) in [5, 5.41) is 2.97. The highest BCUT2D eigenvalue weighted by atomic mass is 16.5. The molecule has 0 heterocycles. The Labute approximate surface area is 145 Å². The maximum Gasteiger partial charge on any atom is 0.265 e. The fourth-order valence-electron chi connectivity index (χ4n) is 2.58. The van der Waals surface area contributed by atoms with Crippen LogP contribution in [0, 0.1) is 20.8 Å². The van der Waals surface area contributed by atoms with Crippen LogP contribution in [0.25, 0.3) is 0 Å². The van der Waals surface area contributed by atoms with Crippen molar-refractivity contribution in [1.82, 2.24) is 0 Å². The molecule has 2 rings (SSSR count). The van der Waals surface area contributed by atoms with E-state index < -0.39 is 6.10 Å². The van der Waals surface area contributed by atoms with Gasteiger partial charge in [-0.3, -0.25) is 4.79 Å². The number of unbranched alkanes of at least 4 members (excludes halogenated alkanes) is 1. The van der Waals surface area contributed by atoms with Gasteiger partial charge < -0.3 is 10.1 Å². The molecule has 1 unspecified atom stereocenters. The number of anilines is 1. The minimum Gasteiger partial charge on any atom is -0.480 e. The van der Waals surface area contributed by atoms with E-state index in [1.54, 1.807) is 0 Å². The summed E-state index contributed by atoms with van der Waals surface area (Å²) >= 11 is 0. The second-order valence-electron chi connectivity index (χ2n) is 6.37. The van der Waals surface area contributed by atoms with Gasteiger partial charge in [-0.25, -0.2) is 0 Å². The van der Waals surface area contributed by atoms with Crippen molar-refractivity contribution in [3.8, 4) is 5.75 Å². The van der Waals surface area contributed by atoms with E-state index in [0.29, 0.717) is 6.42 Å². The predicted octanol–water partition coefficient (Wildman–Crippen LogP) is 5.19. The molecule has 2 aromatic carbocycles. The van der Waals surface area contributed by atoms with Gasteiger partial charge in [0.1, 0.15) is 5.75 Å². The highest BCUT2D eigenvalue weighted by molar-refractivity contribution is 5.94. The molecular formula is C21H27NO2. The van der Waals surface area contributed by atoms with Gasteiger partial charge in [-0.05, 0) is 57.4 Å². The number of nitrogens with one attached hydrogen (secondary N) is 1. The Bertz CT molecular complexity index is 677. The van der Waals surface area contributed by atoms with Crippen molar-refractivity contribution in [3.63, 3.8) is 0 Å². The van der Waals surface area contributed by atoms with Crippen molar-refractivity contribution in [2.45, 2.75) is 53.1 Å². The van der Waals surface area contributed by atoms with E-state index in [1.807, 2.05) is 50.2 Å². The van der Waals surface area contributed by atoms with Gasteiger partial charge in [-0.15, -0.1) is 0 Å². The fraction of sp³-hybridized carbons (Fsp3) is 0.381. The number of aryl methyl sites for hydroxylation is 3. The summed E-state index contributed by atoms with van der Waals surface area (Å²) in [6.45, 7) is 8.21. The van der Waals surface area contributed by atoms with E-state index in [9.17, 15) is 4.79 Å². The molecule has 0 saturated carbocycles. The zero-order chi connectivity index (χ0) is 17.5. The molecule has 0 aliphatic heterocycles. The molecule has 0 aliphatic carbocycles. The molecule has 0 spiro atoms. The van der Waals surface area contributed by atoms with Crippen LogP contribution >= 0.6 is 0 Å². The number of hydrogen-bond acceptors (Lipinski definition) is 2. The van der Waals surface area contributed by atoms with Crippen LogP contribution in [0.4, 0.5) is 5.69 Å². The maximum absolute atomic E-state index is 12.6. The average molecular weight is 325 g/mol. The Morgan fingerprint density at radius 3 is 2.33 bits per heavy atom. The van der Waals surface area contributed by atoms with Gasteiger partial charge >= 0.3 is 0 Å². The lowest BCUT2D eigenvalue weighted by molar-refractivity contribution is -0.123. The summed E-state index contributed by atoms with van der Waals surface area (Å²) in [6.07, 6.45) is 2.22. The first-order valence-electron chi connectivity index (χ1n) is 8.61. The SMILES string of the molecule is CCCCC(Oc1ccc(C)cc1C)C(=O)Nc1ccc(C)cc1. The van der Waals surface area contributed by atoms with E-state index in [1.165, 1.54) is 11.1 Å². The van der Waals surface area contributed by atoms with Crippen LogP contribution in [0.1, 0.15) is 42.9 Å². The van der Waals surface area contributed by atoms with Crippen LogP contribution < -0.4 is 10.1 Å². The first-order chi connectivity index (χ1) is 11.5. The van der Waals surface area contributed by atoms with Gasteiger partial charge in [0.2, 0.25) is 0 Å². The number of carbonyl (C=O) groups is 1. The van der Waals surface area contributed by atoms with Crippen LogP contribution in [0.3, 0.4) is 0 Å². The van der Waals surface area contributed by atoms with Crippen molar-refractivity contribution in [1.29, 1.82) is 0 Å². The zero-order valence-corrected chi connectivity index (χ0v) is 15.1. The fourth-order valence-corrected chi connectivity index (χ4v) is 2.58. The summed E-state index contributed by atoms with van der Waals surface area (Å²) in [6, 6.07) is 13.8.